The van der Waals surface area contributed by atoms with E-state index in [1.807, 2.05) is 11.0 Å². The minimum atomic E-state index is -3.07. The Balaban J connectivity index is 1.71. The van der Waals surface area contributed by atoms with Crippen molar-refractivity contribution in [2.75, 3.05) is 30.3 Å². The van der Waals surface area contributed by atoms with Crippen molar-refractivity contribution in [1.82, 2.24) is 4.31 Å². The molecule has 118 valence electrons. The first kappa shape index (κ1) is 15.3. The topological polar surface area (TPSA) is 64.4 Å². The van der Waals surface area contributed by atoms with Gasteiger partial charge in [0, 0.05) is 25.7 Å². The maximum atomic E-state index is 13.2. The molecular formula is C15H18FN3O2S. The van der Waals surface area contributed by atoms with Crippen LogP contribution in [0.25, 0.3) is 0 Å². The van der Waals surface area contributed by atoms with E-state index in [1.165, 1.54) is 12.1 Å². The molecule has 1 aromatic rings. The van der Waals surface area contributed by atoms with Gasteiger partial charge in [-0.05, 0) is 37.5 Å². The van der Waals surface area contributed by atoms with Crippen molar-refractivity contribution in [2.24, 2.45) is 0 Å². The van der Waals surface area contributed by atoms with E-state index < -0.39 is 15.8 Å². The second-order valence-electron chi connectivity index (χ2n) is 5.77. The van der Waals surface area contributed by atoms with Gasteiger partial charge >= 0.3 is 0 Å². The summed E-state index contributed by atoms with van der Waals surface area (Å²) in [6, 6.07) is 6.30. The third kappa shape index (κ3) is 2.81. The van der Waals surface area contributed by atoms with Gasteiger partial charge in [0.1, 0.15) is 11.9 Å². The molecule has 2 aliphatic rings. The summed E-state index contributed by atoms with van der Waals surface area (Å²) >= 11 is 0. The van der Waals surface area contributed by atoms with Crippen LogP contribution < -0.4 is 4.90 Å². The minimum absolute atomic E-state index is 0.0507. The Morgan fingerprint density at radius 2 is 1.95 bits per heavy atom. The van der Waals surface area contributed by atoms with Crippen LogP contribution in [0, 0.1) is 17.1 Å². The number of piperidine rings is 1. The van der Waals surface area contributed by atoms with E-state index in [0.29, 0.717) is 31.6 Å². The van der Waals surface area contributed by atoms with Gasteiger partial charge in [0.2, 0.25) is 10.0 Å². The summed E-state index contributed by atoms with van der Waals surface area (Å²) in [7, 11) is -3.07. The molecule has 0 radical (unpaired) electrons. The average Bonchev–Trinajstić information content (AvgIpc) is 2.87. The Kier molecular flexibility index (Phi) is 4.06. The van der Waals surface area contributed by atoms with Crippen LogP contribution in [0.5, 0.6) is 0 Å². The van der Waals surface area contributed by atoms with Gasteiger partial charge in [0.25, 0.3) is 0 Å². The number of hydrogen-bond donors (Lipinski definition) is 0. The molecule has 22 heavy (non-hydrogen) atoms. The standard InChI is InChI=1S/C15H18FN3O2S/c16-13-2-3-15(12(10-13)11-17)18-7-4-14(5-8-18)19-6-1-9-22(19,20)21/h2-3,10,14H,1,4-9H2. The van der Waals surface area contributed by atoms with E-state index in [0.717, 1.165) is 18.5 Å². The van der Waals surface area contributed by atoms with Gasteiger partial charge < -0.3 is 4.90 Å². The zero-order chi connectivity index (χ0) is 15.7. The summed E-state index contributed by atoms with van der Waals surface area (Å²) in [6.07, 6.45) is 2.18. The normalized spacial score (nSPS) is 22.6. The van der Waals surface area contributed by atoms with Crippen LogP contribution in [0.4, 0.5) is 10.1 Å². The van der Waals surface area contributed by atoms with Gasteiger partial charge in [-0.15, -0.1) is 0 Å². The maximum absolute atomic E-state index is 13.2. The lowest BCUT2D eigenvalue weighted by molar-refractivity contribution is 0.291. The van der Waals surface area contributed by atoms with E-state index in [4.69, 9.17) is 5.26 Å². The molecule has 2 heterocycles. The minimum Gasteiger partial charge on any atom is -0.370 e. The number of nitrogens with zero attached hydrogens (tertiary/aromatic N) is 3. The molecule has 2 aliphatic heterocycles. The molecule has 2 saturated heterocycles. The zero-order valence-corrected chi connectivity index (χ0v) is 13.0. The third-order valence-corrected chi connectivity index (χ3v) is 6.43. The monoisotopic (exact) mass is 323 g/mol. The van der Waals surface area contributed by atoms with Crippen LogP contribution in [0.15, 0.2) is 18.2 Å². The number of anilines is 1. The summed E-state index contributed by atoms with van der Waals surface area (Å²) in [6.45, 7) is 1.97. The predicted molar refractivity (Wildman–Crippen MR) is 81.5 cm³/mol. The molecule has 0 saturated carbocycles. The Morgan fingerprint density at radius 1 is 1.23 bits per heavy atom. The molecule has 0 N–H and O–H groups in total. The fraction of sp³-hybridized carbons (Fsp3) is 0.533. The van der Waals surface area contributed by atoms with Crippen LogP contribution >= 0.6 is 0 Å². The lowest BCUT2D eigenvalue weighted by Gasteiger charge is -2.37. The van der Waals surface area contributed by atoms with Crippen LogP contribution in [0.3, 0.4) is 0 Å². The van der Waals surface area contributed by atoms with Gasteiger partial charge in [-0.1, -0.05) is 0 Å². The van der Waals surface area contributed by atoms with Gasteiger partial charge in [0.05, 0.1) is 17.0 Å². The molecule has 0 unspecified atom stereocenters. The first-order valence-corrected chi connectivity index (χ1v) is 9.06. The number of hydrogen-bond acceptors (Lipinski definition) is 4. The van der Waals surface area contributed by atoms with Crippen molar-refractivity contribution in [3.05, 3.63) is 29.6 Å². The van der Waals surface area contributed by atoms with Crippen molar-refractivity contribution in [3.8, 4) is 6.07 Å². The Bertz CT molecular complexity index is 706. The Morgan fingerprint density at radius 3 is 2.55 bits per heavy atom. The van der Waals surface area contributed by atoms with E-state index in [1.54, 1.807) is 10.4 Å². The van der Waals surface area contributed by atoms with E-state index in [-0.39, 0.29) is 11.8 Å². The first-order valence-electron chi connectivity index (χ1n) is 7.45. The lowest BCUT2D eigenvalue weighted by Crippen LogP contribution is -2.45. The van der Waals surface area contributed by atoms with Crippen molar-refractivity contribution in [1.29, 1.82) is 5.26 Å². The molecule has 0 atom stereocenters. The number of nitriles is 1. The fourth-order valence-electron chi connectivity index (χ4n) is 3.34. The molecule has 1 aromatic carbocycles. The highest BCUT2D eigenvalue weighted by Gasteiger charge is 2.36. The smallest absolute Gasteiger partial charge is 0.214 e. The fourth-order valence-corrected chi connectivity index (χ4v) is 5.14. The molecule has 0 bridgehead atoms. The maximum Gasteiger partial charge on any atom is 0.214 e. The van der Waals surface area contributed by atoms with Crippen LogP contribution in [-0.2, 0) is 10.0 Å². The van der Waals surface area contributed by atoms with E-state index in [2.05, 4.69) is 0 Å². The molecule has 5 nitrogen and oxygen atoms in total. The van der Waals surface area contributed by atoms with E-state index in [9.17, 15) is 12.8 Å². The lowest BCUT2D eigenvalue weighted by atomic mass is 10.0. The second-order valence-corrected chi connectivity index (χ2v) is 7.81. The number of sulfonamides is 1. The molecule has 0 spiro atoms. The van der Waals surface area contributed by atoms with Crippen molar-refractivity contribution in [3.63, 3.8) is 0 Å². The number of benzene rings is 1. The molecule has 2 fully saturated rings. The Hall–Kier alpha value is -1.65. The van der Waals surface area contributed by atoms with Crippen molar-refractivity contribution < 1.29 is 12.8 Å². The van der Waals surface area contributed by atoms with Crippen LogP contribution in [-0.4, -0.2) is 44.2 Å². The van der Waals surface area contributed by atoms with Gasteiger partial charge in [0.15, 0.2) is 0 Å². The summed E-state index contributed by atoms with van der Waals surface area (Å²) in [5, 5.41) is 9.14. The highest BCUT2D eigenvalue weighted by Crippen LogP contribution is 2.29. The van der Waals surface area contributed by atoms with Crippen LogP contribution in [0.2, 0.25) is 0 Å². The van der Waals surface area contributed by atoms with Crippen molar-refractivity contribution in [2.45, 2.75) is 25.3 Å². The largest absolute Gasteiger partial charge is 0.370 e. The van der Waals surface area contributed by atoms with Gasteiger partial charge in [-0.2, -0.15) is 9.57 Å². The summed E-state index contributed by atoms with van der Waals surface area (Å²) in [4.78, 5) is 2.04. The Labute approximate surface area is 130 Å². The second kappa shape index (κ2) is 5.86. The quantitative estimate of drug-likeness (QED) is 0.831. The molecule has 0 amide bonds. The molecular weight excluding hydrogens is 305 g/mol. The molecule has 3 rings (SSSR count). The SMILES string of the molecule is N#Cc1cc(F)ccc1N1CCC(N2CCCS2(=O)=O)CC1. The number of halogens is 1. The van der Waals surface area contributed by atoms with E-state index >= 15 is 0 Å². The van der Waals surface area contributed by atoms with Crippen LogP contribution in [0.1, 0.15) is 24.8 Å². The summed E-state index contributed by atoms with van der Waals surface area (Å²) in [5.74, 6) is -0.164. The van der Waals surface area contributed by atoms with Gasteiger partial charge in [-0.25, -0.2) is 12.8 Å². The third-order valence-electron chi connectivity index (χ3n) is 4.43. The molecule has 0 aliphatic carbocycles. The first-order chi connectivity index (χ1) is 10.5. The average molecular weight is 323 g/mol. The number of rotatable bonds is 2. The molecule has 0 aromatic heterocycles. The highest BCUT2D eigenvalue weighted by atomic mass is 32.2. The zero-order valence-electron chi connectivity index (χ0n) is 12.2. The summed E-state index contributed by atoms with van der Waals surface area (Å²) < 4.78 is 38.8. The van der Waals surface area contributed by atoms with Gasteiger partial charge in [-0.3, -0.25) is 0 Å². The molecule has 7 heteroatoms. The predicted octanol–water partition coefficient (Wildman–Crippen LogP) is 1.70. The summed E-state index contributed by atoms with van der Waals surface area (Å²) in [5.41, 5.74) is 1.05. The van der Waals surface area contributed by atoms with Crippen molar-refractivity contribution >= 4 is 15.7 Å². The highest BCUT2D eigenvalue weighted by molar-refractivity contribution is 7.89.